The molecule has 0 bridgehead atoms. The average molecular weight is 524 g/mol. The fraction of sp³-hybridized carbons (Fsp3) is 0.464. The Labute approximate surface area is 220 Å². The molecule has 3 aliphatic rings. The number of fused-ring (bicyclic) bond motifs is 2. The molecule has 2 aromatic heterocycles. The summed E-state index contributed by atoms with van der Waals surface area (Å²) in [5.74, 6) is -0.173. The number of amides is 1. The van der Waals surface area contributed by atoms with Crippen molar-refractivity contribution < 1.29 is 14.3 Å². The zero-order valence-corrected chi connectivity index (χ0v) is 21.6. The van der Waals surface area contributed by atoms with Crippen molar-refractivity contribution >= 4 is 23.3 Å². The Morgan fingerprint density at radius 1 is 1.19 bits per heavy atom. The molecule has 7 nitrogen and oxygen atoms in total. The van der Waals surface area contributed by atoms with E-state index in [9.17, 15) is 9.90 Å². The van der Waals surface area contributed by atoms with E-state index in [0.29, 0.717) is 36.5 Å². The Kier molecular flexibility index (Phi) is 6.19. The number of halogens is 2. The quantitative estimate of drug-likeness (QED) is 0.490. The van der Waals surface area contributed by atoms with Crippen molar-refractivity contribution in [3.05, 3.63) is 64.3 Å². The minimum Gasteiger partial charge on any atom is -0.393 e. The lowest BCUT2D eigenvalue weighted by molar-refractivity contribution is 0.0606. The Morgan fingerprint density at radius 3 is 2.76 bits per heavy atom. The molecular weight excluding hydrogens is 493 g/mol. The van der Waals surface area contributed by atoms with E-state index in [1.165, 1.54) is 0 Å². The molecule has 1 spiro atoms. The SMILES string of the molecule is Cn1cc(C2CCCCN2C(=O)c2cccc(-c3cnc4c(c3Cl)[C@]3(CC[C@H](O)CC3)CN4)c2F)cn1. The number of carbonyl (C=O) groups excluding carboxylic acids is 1. The first kappa shape index (κ1) is 24.4. The number of aromatic nitrogens is 3. The van der Waals surface area contributed by atoms with Gasteiger partial charge in [0, 0.05) is 60.2 Å². The summed E-state index contributed by atoms with van der Waals surface area (Å²) in [6.07, 6.45) is 10.7. The van der Waals surface area contributed by atoms with E-state index < -0.39 is 5.82 Å². The molecule has 1 amide bonds. The highest BCUT2D eigenvalue weighted by atomic mass is 35.5. The summed E-state index contributed by atoms with van der Waals surface area (Å²) < 4.78 is 17.8. The minimum atomic E-state index is -0.578. The molecule has 1 saturated carbocycles. The Morgan fingerprint density at radius 2 is 2.00 bits per heavy atom. The second-order valence-electron chi connectivity index (χ2n) is 10.7. The molecule has 2 N–H and O–H groups in total. The van der Waals surface area contributed by atoms with Crippen LogP contribution in [0.15, 0.2) is 36.8 Å². The number of aryl methyl sites for hydroxylation is 1. The van der Waals surface area contributed by atoms with Crippen molar-refractivity contribution in [2.24, 2.45) is 7.05 Å². The van der Waals surface area contributed by atoms with Gasteiger partial charge in [0.05, 0.1) is 28.9 Å². The number of likely N-dealkylation sites (tertiary alicyclic amines) is 1. The molecule has 0 radical (unpaired) electrons. The first-order chi connectivity index (χ1) is 17.9. The van der Waals surface area contributed by atoms with Crippen molar-refractivity contribution in [3.63, 3.8) is 0 Å². The lowest BCUT2D eigenvalue weighted by Crippen LogP contribution is -2.38. The molecule has 37 heavy (non-hydrogen) atoms. The second-order valence-corrected chi connectivity index (χ2v) is 11.1. The van der Waals surface area contributed by atoms with Gasteiger partial charge in [-0.15, -0.1) is 0 Å². The highest BCUT2D eigenvalue weighted by Crippen LogP contribution is 2.51. The van der Waals surface area contributed by atoms with Crippen LogP contribution in [-0.4, -0.2) is 49.9 Å². The van der Waals surface area contributed by atoms with Crippen LogP contribution in [0.4, 0.5) is 10.2 Å². The lowest BCUT2D eigenvalue weighted by atomic mass is 9.70. The number of nitrogens with zero attached hydrogens (tertiary/aromatic N) is 4. The van der Waals surface area contributed by atoms with E-state index in [2.05, 4.69) is 15.4 Å². The van der Waals surface area contributed by atoms with Crippen LogP contribution in [-0.2, 0) is 12.5 Å². The van der Waals surface area contributed by atoms with Gasteiger partial charge in [0.1, 0.15) is 11.6 Å². The third-order valence-corrected chi connectivity index (χ3v) is 8.84. The zero-order valence-electron chi connectivity index (χ0n) is 20.9. The molecular formula is C28H31ClFN5O2. The number of anilines is 1. The van der Waals surface area contributed by atoms with E-state index in [-0.39, 0.29) is 34.6 Å². The molecule has 1 aliphatic carbocycles. The molecule has 1 unspecified atom stereocenters. The smallest absolute Gasteiger partial charge is 0.257 e. The summed E-state index contributed by atoms with van der Waals surface area (Å²) in [5.41, 5.74) is 2.46. The predicted octanol–water partition coefficient (Wildman–Crippen LogP) is 5.24. The van der Waals surface area contributed by atoms with Gasteiger partial charge in [-0.2, -0.15) is 5.10 Å². The summed E-state index contributed by atoms with van der Waals surface area (Å²) in [6.45, 7) is 1.28. The van der Waals surface area contributed by atoms with Gasteiger partial charge in [-0.25, -0.2) is 9.37 Å². The molecule has 3 aromatic rings. The van der Waals surface area contributed by atoms with Crippen molar-refractivity contribution in [2.45, 2.75) is 62.5 Å². The number of piperidine rings is 1. The standard InChI is InChI=1S/C28H31ClFN5O2/c1-34-15-17(13-33-34)22-7-2-3-12-35(22)27(37)20-6-4-5-19(25(20)30)21-14-31-26-23(24(21)29)28(16-32-26)10-8-18(36)9-11-28/h4-6,13-15,18,22,36H,2-3,7-12,16H2,1H3,(H,31,32)/t18-,22?,28-. The van der Waals surface area contributed by atoms with Crippen molar-refractivity contribution in [2.75, 3.05) is 18.4 Å². The van der Waals surface area contributed by atoms with Crippen molar-refractivity contribution in [1.82, 2.24) is 19.7 Å². The number of pyridine rings is 1. The molecule has 6 rings (SSSR count). The molecule has 2 fully saturated rings. The Balaban J connectivity index is 1.37. The molecule has 9 heteroatoms. The number of rotatable bonds is 3. The van der Waals surface area contributed by atoms with E-state index in [0.717, 1.165) is 49.0 Å². The average Bonchev–Trinajstić information content (AvgIpc) is 3.50. The summed E-state index contributed by atoms with van der Waals surface area (Å²) in [6, 6.07) is 4.80. The molecule has 1 atom stereocenters. The van der Waals surface area contributed by atoms with Crippen LogP contribution in [0.1, 0.15) is 72.5 Å². The summed E-state index contributed by atoms with van der Waals surface area (Å²) in [7, 11) is 1.85. The van der Waals surface area contributed by atoms with Crippen LogP contribution in [0.2, 0.25) is 5.02 Å². The minimum absolute atomic E-state index is 0.0403. The summed E-state index contributed by atoms with van der Waals surface area (Å²) in [5, 5.41) is 18.2. The molecule has 1 saturated heterocycles. The van der Waals surface area contributed by atoms with Crippen molar-refractivity contribution in [3.8, 4) is 11.1 Å². The maximum atomic E-state index is 16.1. The predicted molar refractivity (Wildman–Crippen MR) is 140 cm³/mol. The van der Waals surface area contributed by atoms with Crippen LogP contribution in [0.3, 0.4) is 0 Å². The van der Waals surface area contributed by atoms with Crippen LogP contribution in [0.25, 0.3) is 11.1 Å². The highest BCUT2D eigenvalue weighted by Gasteiger charge is 2.44. The third kappa shape index (κ3) is 4.10. The number of nitrogens with one attached hydrogen (secondary N) is 1. The number of hydrogen-bond donors (Lipinski definition) is 2. The van der Waals surface area contributed by atoms with Gasteiger partial charge in [-0.1, -0.05) is 23.7 Å². The number of benzene rings is 1. The first-order valence-electron chi connectivity index (χ1n) is 13.1. The van der Waals surface area contributed by atoms with Gasteiger partial charge in [-0.05, 0) is 51.0 Å². The fourth-order valence-electron chi connectivity index (χ4n) is 6.41. The normalized spacial score (nSPS) is 25.2. The van der Waals surface area contributed by atoms with E-state index >= 15 is 4.39 Å². The van der Waals surface area contributed by atoms with Crippen LogP contribution in [0, 0.1) is 5.82 Å². The lowest BCUT2D eigenvalue weighted by Gasteiger charge is -2.36. The first-order valence-corrected chi connectivity index (χ1v) is 13.4. The second kappa shape index (κ2) is 9.40. The monoisotopic (exact) mass is 523 g/mol. The third-order valence-electron chi connectivity index (χ3n) is 8.44. The topological polar surface area (TPSA) is 83.3 Å². The maximum absolute atomic E-state index is 16.1. The number of carbonyl (C=O) groups is 1. The van der Waals surface area contributed by atoms with E-state index in [4.69, 9.17) is 11.6 Å². The Bertz CT molecular complexity index is 1350. The molecule has 2 aliphatic heterocycles. The van der Waals surface area contributed by atoms with Gasteiger partial charge in [0.15, 0.2) is 0 Å². The summed E-state index contributed by atoms with van der Waals surface area (Å²) in [4.78, 5) is 20.1. The number of hydrogen-bond acceptors (Lipinski definition) is 5. The van der Waals surface area contributed by atoms with Gasteiger partial charge < -0.3 is 15.3 Å². The number of aliphatic hydroxyl groups is 1. The largest absolute Gasteiger partial charge is 0.393 e. The highest BCUT2D eigenvalue weighted by molar-refractivity contribution is 6.34. The fourth-order valence-corrected chi connectivity index (χ4v) is 6.85. The van der Waals surface area contributed by atoms with Crippen LogP contribution >= 0.6 is 11.6 Å². The molecule has 4 heterocycles. The van der Waals surface area contributed by atoms with E-state index in [1.807, 2.05) is 13.2 Å². The summed E-state index contributed by atoms with van der Waals surface area (Å²) >= 11 is 6.99. The molecule has 194 valence electrons. The van der Waals surface area contributed by atoms with Gasteiger partial charge in [-0.3, -0.25) is 9.48 Å². The van der Waals surface area contributed by atoms with Gasteiger partial charge in [0.25, 0.3) is 5.91 Å². The zero-order chi connectivity index (χ0) is 25.7. The molecule has 1 aromatic carbocycles. The van der Waals surface area contributed by atoms with Crippen molar-refractivity contribution in [1.29, 1.82) is 0 Å². The van der Waals surface area contributed by atoms with Gasteiger partial charge >= 0.3 is 0 Å². The van der Waals surface area contributed by atoms with E-state index in [1.54, 1.807) is 40.2 Å². The Hall–Kier alpha value is -2.97. The number of aliphatic hydroxyl groups excluding tert-OH is 1. The maximum Gasteiger partial charge on any atom is 0.257 e. The van der Waals surface area contributed by atoms with Gasteiger partial charge in [0.2, 0.25) is 0 Å². The van der Waals surface area contributed by atoms with Crippen LogP contribution in [0.5, 0.6) is 0 Å². The van der Waals surface area contributed by atoms with Crippen LogP contribution < -0.4 is 5.32 Å².